The second-order valence-electron chi connectivity index (χ2n) is 5.92. The fourth-order valence-electron chi connectivity index (χ4n) is 2.80. The molecule has 1 N–H and O–H groups in total. The molecule has 0 radical (unpaired) electrons. The number of nitrogens with zero attached hydrogens (tertiary/aromatic N) is 1. The summed E-state index contributed by atoms with van der Waals surface area (Å²) in [4.78, 5) is 25.8. The summed E-state index contributed by atoms with van der Waals surface area (Å²) >= 11 is 0. The first kappa shape index (κ1) is 16.2. The summed E-state index contributed by atoms with van der Waals surface area (Å²) in [5, 5.41) is 9.34. The number of β-amino-alcohol motifs (C(OH)–C–C–N with tert-alkyl or cyclic N) is 1. The second-order valence-corrected chi connectivity index (χ2v) is 5.92. The molecular formula is C19H19NO4. The second kappa shape index (κ2) is 6.45. The number of carbonyl (C=O) groups is 2. The van der Waals surface area contributed by atoms with Crippen LogP contribution in [0.25, 0.3) is 11.1 Å². The third kappa shape index (κ3) is 3.03. The van der Waals surface area contributed by atoms with Crippen LogP contribution in [0.5, 0.6) is 5.75 Å². The van der Waals surface area contributed by atoms with E-state index < -0.39 is 6.10 Å². The Morgan fingerprint density at radius 2 is 1.83 bits per heavy atom. The van der Waals surface area contributed by atoms with Crippen LogP contribution in [0, 0.1) is 0 Å². The molecule has 0 aromatic heterocycles. The van der Waals surface area contributed by atoms with E-state index in [0.29, 0.717) is 30.0 Å². The van der Waals surface area contributed by atoms with Gasteiger partial charge < -0.3 is 14.7 Å². The zero-order valence-corrected chi connectivity index (χ0v) is 13.7. The number of benzene rings is 2. The van der Waals surface area contributed by atoms with E-state index in [1.807, 2.05) is 18.2 Å². The van der Waals surface area contributed by atoms with Crippen molar-refractivity contribution in [3.63, 3.8) is 0 Å². The van der Waals surface area contributed by atoms with Crippen molar-refractivity contribution in [3.05, 3.63) is 53.6 Å². The number of methoxy groups -OCH3 is 1. The summed E-state index contributed by atoms with van der Waals surface area (Å²) in [6.45, 7) is 2.25. The van der Waals surface area contributed by atoms with E-state index in [1.54, 1.807) is 29.2 Å². The first-order valence-corrected chi connectivity index (χ1v) is 7.76. The predicted octanol–water partition coefficient (Wildman–Crippen LogP) is 2.38. The number of likely N-dealkylation sites (tertiary alicyclic amines) is 1. The monoisotopic (exact) mass is 325 g/mol. The Balaban J connectivity index is 1.93. The number of ether oxygens (including phenoxy) is 1. The highest BCUT2D eigenvalue weighted by Crippen LogP contribution is 2.28. The van der Waals surface area contributed by atoms with Crippen molar-refractivity contribution in [2.75, 3.05) is 20.2 Å². The zero-order chi connectivity index (χ0) is 17.3. The highest BCUT2D eigenvalue weighted by molar-refractivity contribution is 5.99. The molecular weight excluding hydrogens is 306 g/mol. The number of carbonyl (C=O) groups excluding carboxylic acids is 2. The average molecular weight is 325 g/mol. The van der Waals surface area contributed by atoms with Crippen LogP contribution >= 0.6 is 0 Å². The van der Waals surface area contributed by atoms with Crippen LogP contribution in [-0.4, -0.2) is 48.0 Å². The molecule has 1 aliphatic rings. The molecule has 5 heteroatoms. The maximum Gasteiger partial charge on any atom is 0.254 e. The van der Waals surface area contributed by atoms with Crippen molar-refractivity contribution >= 4 is 11.7 Å². The third-order valence-corrected chi connectivity index (χ3v) is 4.17. The molecule has 0 spiro atoms. The number of aliphatic hydroxyl groups is 1. The molecule has 0 saturated carbocycles. The van der Waals surface area contributed by atoms with Gasteiger partial charge in [0.05, 0.1) is 18.8 Å². The Hall–Kier alpha value is -2.66. The van der Waals surface area contributed by atoms with Gasteiger partial charge in [0.1, 0.15) is 5.75 Å². The van der Waals surface area contributed by atoms with E-state index in [4.69, 9.17) is 4.74 Å². The molecule has 1 heterocycles. The predicted molar refractivity (Wildman–Crippen MR) is 90.3 cm³/mol. The average Bonchev–Trinajstić information content (AvgIpc) is 2.57. The quantitative estimate of drug-likeness (QED) is 0.877. The number of amides is 1. The Labute approximate surface area is 140 Å². The van der Waals surface area contributed by atoms with E-state index in [2.05, 4.69) is 0 Å². The van der Waals surface area contributed by atoms with Gasteiger partial charge in [0.15, 0.2) is 5.78 Å². The highest BCUT2D eigenvalue weighted by atomic mass is 16.5. The van der Waals surface area contributed by atoms with Gasteiger partial charge in [0.2, 0.25) is 0 Å². The van der Waals surface area contributed by atoms with Crippen molar-refractivity contribution in [1.29, 1.82) is 0 Å². The lowest BCUT2D eigenvalue weighted by atomic mass is 9.98. The molecule has 0 aliphatic carbocycles. The lowest BCUT2D eigenvalue weighted by Crippen LogP contribution is -2.53. The number of ketones is 1. The number of hydrogen-bond acceptors (Lipinski definition) is 4. The van der Waals surface area contributed by atoms with E-state index in [-0.39, 0.29) is 11.7 Å². The smallest absolute Gasteiger partial charge is 0.254 e. The highest BCUT2D eigenvalue weighted by Gasteiger charge is 2.29. The maximum absolute atomic E-state index is 12.4. The van der Waals surface area contributed by atoms with Gasteiger partial charge >= 0.3 is 0 Å². The SMILES string of the molecule is COc1ccc(-c2cccc(C(=O)N3CC(O)C3)c2)cc1C(C)=O. The minimum absolute atomic E-state index is 0.0736. The van der Waals surface area contributed by atoms with Crippen molar-refractivity contribution in [2.24, 2.45) is 0 Å². The van der Waals surface area contributed by atoms with Crippen LogP contribution in [0.15, 0.2) is 42.5 Å². The number of hydrogen-bond donors (Lipinski definition) is 1. The van der Waals surface area contributed by atoms with Crippen LogP contribution in [0.4, 0.5) is 0 Å². The van der Waals surface area contributed by atoms with Crippen molar-refractivity contribution in [3.8, 4) is 16.9 Å². The fourth-order valence-corrected chi connectivity index (χ4v) is 2.80. The van der Waals surface area contributed by atoms with Crippen LogP contribution in [0.1, 0.15) is 27.6 Å². The lowest BCUT2D eigenvalue weighted by Gasteiger charge is -2.35. The molecule has 0 atom stereocenters. The third-order valence-electron chi connectivity index (χ3n) is 4.17. The lowest BCUT2D eigenvalue weighted by molar-refractivity contribution is 0.00590. The number of rotatable bonds is 4. The van der Waals surface area contributed by atoms with Crippen LogP contribution in [0.2, 0.25) is 0 Å². The summed E-state index contributed by atoms with van der Waals surface area (Å²) in [6, 6.07) is 12.7. The fraction of sp³-hybridized carbons (Fsp3) is 0.263. The van der Waals surface area contributed by atoms with Crippen molar-refractivity contribution in [1.82, 2.24) is 4.90 Å². The summed E-state index contributed by atoms with van der Waals surface area (Å²) in [6.07, 6.45) is -0.420. The number of aliphatic hydroxyl groups excluding tert-OH is 1. The molecule has 3 rings (SSSR count). The maximum atomic E-state index is 12.4. The zero-order valence-electron chi connectivity index (χ0n) is 13.7. The Kier molecular flexibility index (Phi) is 4.36. The van der Waals surface area contributed by atoms with Gasteiger partial charge in [-0.1, -0.05) is 18.2 Å². The topological polar surface area (TPSA) is 66.8 Å². The van der Waals surface area contributed by atoms with Gasteiger partial charge in [0, 0.05) is 18.7 Å². The first-order valence-electron chi connectivity index (χ1n) is 7.76. The Morgan fingerprint density at radius 1 is 1.12 bits per heavy atom. The molecule has 1 aliphatic heterocycles. The molecule has 124 valence electrons. The first-order chi connectivity index (χ1) is 11.5. The molecule has 0 unspecified atom stereocenters. The van der Waals surface area contributed by atoms with Gasteiger partial charge in [-0.25, -0.2) is 0 Å². The van der Waals surface area contributed by atoms with E-state index >= 15 is 0 Å². The normalized spacial score (nSPS) is 14.2. The van der Waals surface area contributed by atoms with Gasteiger partial charge in [0.25, 0.3) is 5.91 Å². The van der Waals surface area contributed by atoms with Crippen LogP contribution in [0.3, 0.4) is 0 Å². The molecule has 24 heavy (non-hydrogen) atoms. The molecule has 1 amide bonds. The summed E-state index contributed by atoms with van der Waals surface area (Å²) in [5.41, 5.74) is 2.78. The van der Waals surface area contributed by atoms with Crippen molar-refractivity contribution < 1.29 is 19.4 Å². The summed E-state index contributed by atoms with van der Waals surface area (Å²) in [5.74, 6) is 0.367. The van der Waals surface area contributed by atoms with Gasteiger partial charge in [-0.2, -0.15) is 0 Å². The van der Waals surface area contributed by atoms with Gasteiger partial charge in [-0.05, 0) is 42.3 Å². The van der Waals surface area contributed by atoms with Crippen LogP contribution in [-0.2, 0) is 0 Å². The van der Waals surface area contributed by atoms with Crippen LogP contribution < -0.4 is 4.74 Å². The number of Topliss-reactive ketones (excluding diaryl/α,β-unsaturated/α-hetero) is 1. The minimum atomic E-state index is -0.420. The van der Waals surface area contributed by atoms with E-state index in [0.717, 1.165) is 11.1 Å². The molecule has 2 aromatic carbocycles. The molecule has 2 aromatic rings. The summed E-state index contributed by atoms with van der Waals surface area (Å²) < 4.78 is 5.22. The summed E-state index contributed by atoms with van der Waals surface area (Å²) in [7, 11) is 1.53. The van der Waals surface area contributed by atoms with E-state index in [9.17, 15) is 14.7 Å². The molecule has 0 bridgehead atoms. The van der Waals surface area contributed by atoms with Crippen molar-refractivity contribution in [2.45, 2.75) is 13.0 Å². The Morgan fingerprint density at radius 3 is 2.46 bits per heavy atom. The van der Waals surface area contributed by atoms with Gasteiger partial charge in [-0.3, -0.25) is 9.59 Å². The minimum Gasteiger partial charge on any atom is -0.496 e. The van der Waals surface area contributed by atoms with Gasteiger partial charge in [-0.15, -0.1) is 0 Å². The Bertz CT molecular complexity index is 794. The molecule has 5 nitrogen and oxygen atoms in total. The molecule has 1 saturated heterocycles. The largest absolute Gasteiger partial charge is 0.496 e. The standard InChI is InChI=1S/C19H19NO4/c1-12(21)17-9-14(6-7-18(17)24-2)13-4-3-5-15(8-13)19(23)20-10-16(22)11-20/h3-9,16,22H,10-11H2,1-2H3. The van der Waals surface area contributed by atoms with E-state index in [1.165, 1.54) is 14.0 Å². The molecule has 1 fully saturated rings.